The molecule has 0 aromatic rings. The zero-order valence-electron chi connectivity index (χ0n) is 23.4. The first-order chi connectivity index (χ1) is 16.7. The Kier molecular flexibility index (Phi) is 12.5. The number of aliphatic hydroxyl groups is 1. The van der Waals surface area contributed by atoms with Crippen LogP contribution in [0.2, 0.25) is 0 Å². The van der Waals surface area contributed by atoms with E-state index in [0.29, 0.717) is 19.4 Å². The third kappa shape index (κ3) is 8.81. The Morgan fingerprint density at radius 3 is 1.69 bits per heavy atom. The number of hydrogen-bond acceptors (Lipinski definition) is 7. The monoisotopic (exact) mass is 512 g/mol. The SMILES string of the molecule is CC[C@H](C)[C@H](NC)C(=O)N[C@H](C(=O)N[C@H](C(=O)N[C@@H](CC(C)C)C(=O)[C@@]1(C)CO1)[C@@H](C)O)[C@@H](C)CC. The number of aliphatic hydroxyl groups excluding tert-OH is 1. The summed E-state index contributed by atoms with van der Waals surface area (Å²) in [6.07, 6.45) is 0.566. The van der Waals surface area contributed by atoms with Crippen LogP contribution in [0.3, 0.4) is 0 Å². The maximum atomic E-state index is 13.3. The minimum absolute atomic E-state index is 0.0550. The van der Waals surface area contributed by atoms with Gasteiger partial charge in [0.2, 0.25) is 17.7 Å². The Morgan fingerprint density at radius 1 is 0.833 bits per heavy atom. The summed E-state index contributed by atoms with van der Waals surface area (Å²) in [6, 6.07) is -3.48. The van der Waals surface area contributed by atoms with Gasteiger partial charge < -0.3 is 31.1 Å². The predicted octanol–water partition coefficient (Wildman–Crippen LogP) is 0.906. The first-order valence-corrected chi connectivity index (χ1v) is 13.2. The number of carbonyl (C=O) groups is 4. The smallest absolute Gasteiger partial charge is 0.245 e. The van der Waals surface area contributed by atoms with Crippen molar-refractivity contribution in [3.8, 4) is 0 Å². The second-order valence-electron chi connectivity index (χ2n) is 10.8. The zero-order valence-corrected chi connectivity index (χ0v) is 23.4. The Hall–Kier alpha value is -2.04. The van der Waals surface area contributed by atoms with Gasteiger partial charge in [-0.05, 0) is 45.1 Å². The minimum atomic E-state index is -1.30. The van der Waals surface area contributed by atoms with Gasteiger partial charge in [0, 0.05) is 0 Å². The summed E-state index contributed by atoms with van der Waals surface area (Å²) < 4.78 is 5.27. The molecule has 1 aliphatic heterocycles. The van der Waals surface area contributed by atoms with Crippen LogP contribution in [0.15, 0.2) is 0 Å². The Bertz CT molecular complexity index is 768. The van der Waals surface area contributed by atoms with Gasteiger partial charge in [0.1, 0.15) is 17.7 Å². The predicted molar refractivity (Wildman–Crippen MR) is 138 cm³/mol. The van der Waals surface area contributed by atoms with Crippen molar-refractivity contribution < 1.29 is 29.0 Å². The van der Waals surface area contributed by atoms with E-state index in [9.17, 15) is 24.3 Å². The van der Waals surface area contributed by atoms with Gasteiger partial charge in [-0.2, -0.15) is 0 Å². The van der Waals surface area contributed by atoms with E-state index < -0.39 is 47.7 Å². The van der Waals surface area contributed by atoms with Crippen LogP contribution in [0.25, 0.3) is 0 Å². The van der Waals surface area contributed by atoms with E-state index in [1.807, 2.05) is 41.5 Å². The van der Waals surface area contributed by atoms with Crippen molar-refractivity contribution in [2.75, 3.05) is 13.7 Å². The highest BCUT2D eigenvalue weighted by Crippen LogP contribution is 2.29. The summed E-state index contributed by atoms with van der Waals surface area (Å²) in [5.74, 6) is -1.80. The van der Waals surface area contributed by atoms with E-state index in [1.165, 1.54) is 6.92 Å². The van der Waals surface area contributed by atoms with Gasteiger partial charge in [0.05, 0.1) is 24.8 Å². The molecule has 36 heavy (non-hydrogen) atoms. The van der Waals surface area contributed by atoms with Gasteiger partial charge in [0.15, 0.2) is 5.78 Å². The Balaban J connectivity index is 3.05. The molecule has 10 nitrogen and oxygen atoms in total. The fourth-order valence-electron chi connectivity index (χ4n) is 4.09. The molecule has 0 aliphatic carbocycles. The summed E-state index contributed by atoms with van der Waals surface area (Å²) in [4.78, 5) is 52.3. The lowest BCUT2D eigenvalue weighted by atomic mass is 9.93. The molecule has 0 saturated carbocycles. The van der Waals surface area contributed by atoms with Gasteiger partial charge in [-0.15, -0.1) is 0 Å². The molecule has 0 spiro atoms. The maximum Gasteiger partial charge on any atom is 0.245 e. The van der Waals surface area contributed by atoms with E-state index in [2.05, 4.69) is 21.3 Å². The molecule has 1 rings (SSSR count). The summed E-state index contributed by atoms with van der Waals surface area (Å²) in [5, 5.41) is 21.5. The molecule has 1 heterocycles. The fraction of sp³-hybridized carbons (Fsp3) is 0.846. The van der Waals surface area contributed by atoms with Gasteiger partial charge in [-0.25, -0.2) is 0 Å². The van der Waals surface area contributed by atoms with Crippen molar-refractivity contribution >= 4 is 23.5 Å². The molecule has 3 amide bonds. The van der Waals surface area contributed by atoms with Crippen LogP contribution in [-0.4, -0.2) is 78.1 Å². The van der Waals surface area contributed by atoms with Crippen molar-refractivity contribution in [1.29, 1.82) is 0 Å². The van der Waals surface area contributed by atoms with Crippen LogP contribution < -0.4 is 21.3 Å². The van der Waals surface area contributed by atoms with E-state index in [4.69, 9.17) is 4.74 Å². The van der Waals surface area contributed by atoms with Gasteiger partial charge >= 0.3 is 0 Å². The maximum absolute atomic E-state index is 13.3. The number of carbonyl (C=O) groups excluding carboxylic acids is 4. The molecule has 1 saturated heterocycles. The number of rotatable bonds is 16. The Labute approximate surface area is 216 Å². The van der Waals surface area contributed by atoms with Gasteiger partial charge in [0.25, 0.3) is 0 Å². The highest BCUT2D eigenvalue weighted by atomic mass is 16.6. The molecular weight excluding hydrogens is 464 g/mol. The van der Waals surface area contributed by atoms with Crippen molar-refractivity contribution in [2.24, 2.45) is 17.8 Å². The number of ketones is 1. The number of epoxide rings is 1. The topological polar surface area (TPSA) is 149 Å². The first-order valence-electron chi connectivity index (χ1n) is 13.2. The van der Waals surface area contributed by atoms with Crippen LogP contribution >= 0.6 is 0 Å². The first kappa shape index (κ1) is 32.0. The third-order valence-electron chi connectivity index (χ3n) is 7.10. The quantitative estimate of drug-likeness (QED) is 0.193. The molecule has 0 bridgehead atoms. The van der Waals surface area contributed by atoms with Crippen molar-refractivity contribution in [3.63, 3.8) is 0 Å². The number of Topliss-reactive ketones (excluding diaryl/α,β-unsaturated/α-hetero) is 1. The summed E-state index contributed by atoms with van der Waals surface area (Å²) in [6.45, 7) is 14.9. The molecule has 1 fully saturated rings. The largest absolute Gasteiger partial charge is 0.391 e. The average Bonchev–Trinajstić information content (AvgIpc) is 3.57. The van der Waals surface area contributed by atoms with Gasteiger partial charge in [-0.1, -0.05) is 54.4 Å². The molecule has 0 unspecified atom stereocenters. The number of likely N-dealkylation sites (N-methyl/N-ethyl adjacent to an activating group) is 1. The highest BCUT2D eigenvalue weighted by molar-refractivity contribution is 5.98. The number of nitrogens with one attached hydrogen (secondary N) is 4. The second kappa shape index (κ2) is 14.0. The zero-order chi connectivity index (χ0) is 27.8. The van der Waals surface area contributed by atoms with Crippen molar-refractivity contribution in [3.05, 3.63) is 0 Å². The van der Waals surface area contributed by atoms with Crippen LogP contribution in [-0.2, 0) is 23.9 Å². The Morgan fingerprint density at radius 2 is 1.28 bits per heavy atom. The normalized spacial score (nSPS) is 23.0. The number of ether oxygens (including phenoxy) is 1. The van der Waals surface area contributed by atoms with Crippen LogP contribution in [0.1, 0.15) is 74.7 Å². The minimum Gasteiger partial charge on any atom is -0.391 e. The van der Waals surface area contributed by atoms with E-state index >= 15 is 0 Å². The summed E-state index contributed by atoms with van der Waals surface area (Å²) >= 11 is 0. The second-order valence-corrected chi connectivity index (χ2v) is 10.8. The van der Waals surface area contributed by atoms with Gasteiger partial charge in [-0.3, -0.25) is 19.2 Å². The molecule has 0 aromatic carbocycles. The van der Waals surface area contributed by atoms with Crippen LogP contribution in [0, 0.1) is 17.8 Å². The lowest BCUT2D eigenvalue weighted by Gasteiger charge is -2.30. The average molecular weight is 513 g/mol. The molecule has 0 radical (unpaired) electrons. The molecule has 1 aliphatic rings. The molecule has 208 valence electrons. The standard InChI is InChI=1S/C26H48N4O6/c1-10-15(5)19(27-9)23(33)29-20(16(6)11-2)24(34)30-21(17(7)31)25(35)28-18(12-14(3)4)22(32)26(8)13-36-26/h14-21,27,31H,10-13H2,1-9H3,(H,28,35)(H,29,33)(H,30,34)/t15-,16-,17+,18-,19-,20-,21-,26+/m0/s1. The summed E-state index contributed by atoms with van der Waals surface area (Å²) in [7, 11) is 1.70. The van der Waals surface area contributed by atoms with E-state index in [-0.39, 0.29) is 29.4 Å². The van der Waals surface area contributed by atoms with Crippen LogP contribution in [0.4, 0.5) is 0 Å². The molecule has 0 aromatic heterocycles. The number of amides is 3. The molecule has 5 N–H and O–H groups in total. The van der Waals surface area contributed by atoms with Crippen molar-refractivity contribution in [1.82, 2.24) is 21.3 Å². The molecule has 10 heteroatoms. The summed E-state index contributed by atoms with van der Waals surface area (Å²) in [5.41, 5.74) is -0.915. The molecular formula is C26H48N4O6. The highest BCUT2D eigenvalue weighted by Gasteiger charge is 2.50. The van der Waals surface area contributed by atoms with E-state index in [1.54, 1.807) is 14.0 Å². The third-order valence-corrected chi connectivity index (χ3v) is 7.10. The molecule has 8 atom stereocenters. The van der Waals surface area contributed by atoms with Crippen LogP contribution in [0.5, 0.6) is 0 Å². The fourth-order valence-corrected chi connectivity index (χ4v) is 4.09. The van der Waals surface area contributed by atoms with Crippen molar-refractivity contribution in [2.45, 2.75) is 111 Å². The lowest BCUT2D eigenvalue weighted by molar-refractivity contribution is -0.137. The lowest BCUT2D eigenvalue weighted by Crippen LogP contribution is -2.61. The van der Waals surface area contributed by atoms with E-state index in [0.717, 1.165) is 6.42 Å². The number of hydrogen-bond donors (Lipinski definition) is 5.